The minimum Gasteiger partial charge on any atom is -0.454 e. The second-order valence-electron chi connectivity index (χ2n) is 6.90. The summed E-state index contributed by atoms with van der Waals surface area (Å²) in [5.41, 5.74) is 2.67. The summed E-state index contributed by atoms with van der Waals surface area (Å²) in [5, 5.41) is 2.95. The van der Waals surface area contributed by atoms with E-state index in [9.17, 15) is 4.79 Å². The highest BCUT2D eigenvalue weighted by molar-refractivity contribution is 6.04. The Labute approximate surface area is 168 Å². The number of rotatable bonds is 3. The monoisotopic (exact) mass is 388 g/mol. The van der Waals surface area contributed by atoms with Crippen LogP contribution >= 0.6 is 0 Å². The zero-order valence-electron chi connectivity index (χ0n) is 15.7. The van der Waals surface area contributed by atoms with Gasteiger partial charge in [-0.2, -0.15) is 0 Å². The standard InChI is InChI=1S/C22H20N4O3/c27-22(24-17-8-9-19-20(13-17)29-15-28-19)26-12-11-25(14-16-5-2-1-3-6-16)21-18(26)7-4-10-23-21/h1-10,13H,11-12,14-15H2,(H,24,27). The number of nitrogens with zero attached hydrogens (tertiary/aromatic N) is 3. The molecule has 146 valence electrons. The lowest BCUT2D eigenvalue weighted by molar-refractivity contribution is 0.174. The van der Waals surface area contributed by atoms with Crippen LogP contribution < -0.4 is 24.6 Å². The Morgan fingerprint density at radius 1 is 1.00 bits per heavy atom. The molecule has 0 saturated heterocycles. The van der Waals surface area contributed by atoms with E-state index in [1.165, 1.54) is 5.56 Å². The van der Waals surface area contributed by atoms with Crippen molar-refractivity contribution in [3.63, 3.8) is 0 Å². The number of benzene rings is 2. The maximum atomic E-state index is 13.0. The Kier molecular flexibility index (Phi) is 4.40. The van der Waals surface area contributed by atoms with Crippen molar-refractivity contribution in [2.24, 2.45) is 0 Å². The summed E-state index contributed by atoms with van der Waals surface area (Å²) < 4.78 is 10.7. The van der Waals surface area contributed by atoms with Crippen LogP contribution in [0.25, 0.3) is 0 Å². The first-order valence-electron chi connectivity index (χ1n) is 9.50. The summed E-state index contributed by atoms with van der Waals surface area (Å²) in [6, 6.07) is 19.2. The number of pyridine rings is 1. The molecule has 0 atom stereocenters. The summed E-state index contributed by atoms with van der Waals surface area (Å²) >= 11 is 0. The Balaban J connectivity index is 1.36. The summed E-state index contributed by atoms with van der Waals surface area (Å²) in [5.74, 6) is 2.13. The number of anilines is 3. The quantitative estimate of drug-likeness (QED) is 0.738. The molecule has 2 amide bonds. The average Bonchev–Trinajstić information content (AvgIpc) is 3.22. The first kappa shape index (κ1) is 17.4. The van der Waals surface area contributed by atoms with Gasteiger partial charge >= 0.3 is 6.03 Å². The molecule has 0 unspecified atom stereocenters. The number of fused-ring (bicyclic) bond motifs is 2. The molecular weight excluding hydrogens is 368 g/mol. The van der Waals surface area contributed by atoms with E-state index in [1.54, 1.807) is 29.3 Å². The van der Waals surface area contributed by atoms with E-state index in [0.717, 1.165) is 18.1 Å². The van der Waals surface area contributed by atoms with Crippen molar-refractivity contribution in [2.75, 3.05) is 35.0 Å². The molecule has 0 spiro atoms. The number of hydrogen-bond donors (Lipinski definition) is 1. The minimum atomic E-state index is -0.197. The third kappa shape index (κ3) is 3.42. The summed E-state index contributed by atoms with van der Waals surface area (Å²) in [6.45, 7) is 2.23. The molecule has 3 heterocycles. The Hall–Kier alpha value is -3.74. The zero-order valence-corrected chi connectivity index (χ0v) is 15.7. The first-order chi connectivity index (χ1) is 14.3. The number of carbonyl (C=O) groups excluding carboxylic acids is 1. The zero-order chi connectivity index (χ0) is 19.6. The first-order valence-corrected chi connectivity index (χ1v) is 9.50. The van der Waals surface area contributed by atoms with Crippen LogP contribution in [0.4, 0.5) is 22.0 Å². The fourth-order valence-electron chi connectivity index (χ4n) is 3.62. The van der Waals surface area contributed by atoms with E-state index in [2.05, 4.69) is 27.3 Å². The van der Waals surface area contributed by atoms with Crippen molar-refractivity contribution in [2.45, 2.75) is 6.54 Å². The molecule has 2 aromatic carbocycles. The van der Waals surface area contributed by atoms with Gasteiger partial charge in [0.2, 0.25) is 6.79 Å². The molecule has 7 heteroatoms. The smallest absolute Gasteiger partial charge is 0.326 e. The van der Waals surface area contributed by atoms with Crippen LogP contribution in [-0.4, -0.2) is 30.9 Å². The number of ether oxygens (including phenoxy) is 2. The van der Waals surface area contributed by atoms with Gasteiger partial charge in [-0.15, -0.1) is 0 Å². The molecule has 3 aromatic rings. The van der Waals surface area contributed by atoms with E-state index in [0.29, 0.717) is 30.3 Å². The molecule has 1 aromatic heterocycles. The predicted octanol–water partition coefficient (Wildman–Crippen LogP) is 3.87. The van der Waals surface area contributed by atoms with Gasteiger partial charge in [-0.1, -0.05) is 30.3 Å². The van der Waals surface area contributed by atoms with Crippen LogP contribution in [0.3, 0.4) is 0 Å². The molecule has 2 aliphatic rings. The van der Waals surface area contributed by atoms with Crippen LogP contribution in [0.2, 0.25) is 0 Å². The topological polar surface area (TPSA) is 66.9 Å². The van der Waals surface area contributed by atoms with Gasteiger partial charge in [-0.3, -0.25) is 4.90 Å². The van der Waals surface area contributed by atoms with Gasteiger partial charge in [0, 0.05) is 37.6 Å². The molecule has 29 heavy (non-hydrogen) atoms. The van der Waals surface area contributed by atoms with Gasteiger partial charge in [-0.25, -0.2) is 9.78 Å². The van der Waals surface area contributed by atoms with Gasteiger partial charge in [0.25, 0.3) is 0 Å². The van der Waals surface area contributed by atoms with Crippen LogP contribution in [-0.2, 0) is 6.54 Å². The lowest BCUT2D eigenvalue weighted by atomic mass is 10.2. The Bertz CT molecular complexity index is 1040. The summed E-state index contributed by atoms with van der Waals surface area (Å²) in [4.78, 5) is 21.5. The van der Waals surface area contributed by atoms with Crippen LogP contribution in [0.15, 0.2) is 66.9 Å². The molecule has 2 aliphatic heterocycles. The molecule has 5 rings (SSSR count). The number of amides is 2. The Morgan fingerprint density at radius 3 is 2.76 bits per heavy atom. The van der Waals surface area contributed by atoms with E-state index in [1.807, 2.05) is 30.3 Å². The van der Waals surface area contributed by atoms with Gasteiger partial charge in [0.05, 0.1) is 5.69 Å². The van der Waals surface area contributed by atoms with Gasteiger partial charge < -0.3 is 19.7 Å². The van der Waals surface area contributed by atoms with E-state index in [4.69, 9.17) is 9.47 Å². The molecule has 0 aliphatic carbocycles. The average molecular weight is 388 g/mol. The van der Waals surface area contributed by atoms with Crippen molar-refractivity contribution in [1.82, 2.24) is 4.98 Å². The fourth-order valence-corrected chi connectivity index (χ4v) is 3.62. The molecule has 0 bridgehead atoms. The summed E-state index contributed by atoms with van der Waals surface area (Å²) in [6.07, 6.45) is 1.76. The van der Waals surface area contributed by atoms with Crippen molar-refractivity contribution in [3.8, 4) is 11.5 Å². The maximum Gasteiger partial charge on any atom is 0.326 e. The van der Waals surface area contributed by atoms with Gasteiger partial charge in [0.15, 0.2) is 17.3 Å². The van der Waals surface area contributed by atoms with Crippen molar-refractivity contribution in [1.29, 1.82) is 0 Å². The third-order valence-corrected chi connectivity index (χ3v) is 5.04. The molecule has 0 radical (unpaired) electrons. The van der Waals surface area contributed by atoms with Crippen molar-refractivity contribution >= 4 is 23.2 Å². The second-order valence-corrected chi connectivity index (χ2v) is 6.90. The SMILES string of the molecule is O=C(Nc1ccc2c(c1)OCO2)N1CCN(Cc2ccccc2)c2ncccc21. The van der Waals surface area contributed by atoms with E-state index >= 15 is 0 Å². The van der Waals surface area contributed by atoms with Crippen LogP contribution in [0.1, 0.15) is 5.56 Å². The molecule has 7 nitrogen and oxygen atoms in total. The predicted molar refractivity (Wildman–Crippen MR) is 111 cm³/mol. The number of urea groups is 1. The van der Waals surface area contributed by atoms with Crippen molar-refractivity contribution in [3.05, 3.63) is 72.4 Å². The normalized spacial score (nSPS) is 14.5. The molecule has 0 saturated carbocycles. The van der Waals surface area contributed by atoms with E-state index < -0.39 is 0 Å². The lowest BCUT2D eigenvalue weighted by Gasteiger charge is -2.36. The highest BCUT2D eigenvalue weighted by Gasteiger charge is 2.28. The summed E-state index contributed by atoms with van der Waals surface area (Å²) in [7, 11) is 0. The Morgan fingerprint density at radius 2 is 1.86 bits per heavy atom. The lowest BCUT2D eigenvalue weighted by Crippen LogP contribution is -2.46. The number of carbonyl (C=O) groups is 1. The van der Waals surface area contributed by atoms with E-state index in [-0.39, 0.29) is 12.8 Å². The second kappa shape index (κ2) is 7.35. The number of nitrogens with one attached hydrogen (secondary N) is 1. The van der Waals surface area contributed by atoms with Crippen molar-refractivity contribution < 1.29 is 14.3 Å². The van der Waals surface area contributed by atoms with Crippen LogP contribution in [0, 0.1) is 0 Å². The molecule has 1 N–H and O–H groups in total. The minimum absolute atomic E-state index is 0.197. The number of aromatic nitrogens is 1. The van der Waals surface area contributed by atoms with Crippen LogP contribution in [0.5, 0.6) is 11.5 Å². The largest absolute Gasteiger partial charge is 0.454 e. The third-order valence-electron chi connectivity index (χ3n) is 5.04. The van der Waals surface area contributed by atoms with Gasteiger partial charge in [0.1, 0.15) is 0 Å². The highest BCUT2D eigenvalue weighted by Crippen LogP contribution is 2.35. The highest BCUT2D eigenvalue weighted by atomic mass is 16.7. The van der Waals surface area contributed by atoms with Gasteiger partial charge in [-0.05, 0) is 29.8 Å². The number of hydrogen-bond acceptors (Lipinski definition) is 5. The molecular formula is C22H20N4O3. The molecule has 0 fully saturated rings. The maximum absolute atomic E-state index is 13.0. The fraction of sp³-hybridized carbons (Fsp3) is 0.182.